The highest BCUT2D eigenvalue weighted by atomic mass is 16.5. The fraction of sp³-hybridized carbons (Fsp3) is 0.941. The summed E-state index contributed by atoms with van der Waals surface area (Å²) < 4.78 is 5.56. The number of carbonyl (C=O) groups excluding carboxylic acids is 1. The van der Waals surface area contributed by atoms with Gasteiger partial charge < -0.3 is 9.64 Å². The number of amides is 1. The molecule has 2 rings (SSSR count). The van der Waals surface area contributed by atoms with Crippen LogP contribution in [0.3, 0.4) is 0 Å². The van der Waals surface area contributed by atoms with Crippen LogP contribution in [0.25, 0.3) is 0 Å². The predicted molar refractivity (Wildman–Crippen MR) is 84.9 cm³/mol. The summed E-state index contributed by atoms with van der Waals surface area (Å²) in [6.07, 6.45) is 3.20. The number of hydrogen-bond acceptors (Lipinski definition) is 3. The first-order valence-corrected chi connectivity index (χ1v) is 8.30. The molecule has 4 atom stereocenters. The molecule has 2 fully saturated rings. The average Bonchev–Trinajstić information content (AvgIpc) is 2.62. The molecule has 4 heteroatoms. The summed E-state index contributed by atoms with van der Waals surface area (Å²) in [6, 6.07) is 0.277. The van der Waals surface area contributed by atoms with Gasteiger partial charge in [-0.3, -0.25) is 10.1 Å². The van der Waals surface area contributed by atoms with Crippen LogP contribution in [0.2, 0.25) is 0 Å². The Morgan fingerprint density at radius 2 is 2.00 bits per heavy atom. The smallest absolute Gasteiger partial charge is 0.244 e. The molecule has 1 saturated carbocycles. The van der Waals surface area contributed by atoms with E-state index in [9.17, 15) is 4.79 Å². The monoisotopic (exact) mass is 296 g/mol. The maximum atomic E-state index is 13.0. The largest absolute Gasteiger partial charge is 0.381 e. The van der Waals surface area contributed by atoms with Crippen molar-refractivity contribution in [2.45, 2.75) is 84.7 Å². The van der Waals surface area contributed by atoms with E-state index in [0.29, 0.717) is 5.92 Å². The Morgan fingerprint density at radius 1 is 1.38 bits per heavy atom. The van der Waals surface area contributed by atoms with Gasteiger partial charge in [-0.15, -0.1) is 0 Å². The van der Waals surface area contributed by atoms with E-state index in [4.69, 9.17) is 4.74 Å². The van der Waals surface area contributed by atoms with Crippen LogP contribution >= 0.6 is 0 Å². The van der Waals surface area contributed by atoms with Crippen LogP contribution in [0, 0.1) is 11.3 Å². The number of methoxy groups -OCH3 is 1. The molecule has 1 aliphatic heterocycles. The molecule has 0 spiro atoms. The van der Waals surface area contributed by atoms with Crippen LogP contribution in [0.4, 0.5) is 0 Å². The Labute approximate surface area is 129 Å². The zero-order valence-electron chi connectivity index (χ0n) is 14.7. The molecule has 0 aromatic rings. The van der Waals surface area contributed by atoms with Crippen molar-refractivity contribution >= 4 is 5.91 Å². The van der Waals surface area contributed by atoms with Gasteiger partial charge in [-0.2, -0.15) is 0 Å². The van der Waals surface area contributed by atoms with E-state index < -0.39 is 5.54 Å². The molecule has 4 nitrogen and oxygen atoms in total. The zero-order valence-corrected chi connectivity index (χ0v) is 14.7. The fourth-order valence-electron chi connectivity index (χ4n) is 3.89. The standard InChI is InChI=1S/C17H32N2O2/c1-8-17(6)15(20)19(14(18-17)9-11(2)3)12-10-13(21-7)16(12,4)5/h11-14,18H,8-10H2,1-7H3. The van der Waals surface area contributed by atoms with Crippen molar-refractivity contribution in [2.75, 3.05) is 7.11 Å². The van der Waals surface area contributed by atoms with Gasteiger partial charge in [-0.25, -0.2) is 0 Å². The molecule has 0 radical (unpaired) electrons. The van der Waals surface area contributed by atoms with Crippen LogP contribution in [0.15, 0.2) is 0 Å². The van der Waals surface area contributed by atoms with Crippen LogP contribution in [-0.2, 0) is 9.53 Å². The van der Waals surface area contributed by atoms with E-state index >= 15 is 0 Å². The van der Waals surface area contributed by atoms with Crippen molar-refractivity contribution in [3.63, 3.8) is 0 Å². The molecule has 0 aromatic heterocycles. The average molecular weight is 296 g/mol. The van der Waals surface area contributed by atoms with Crippen molar-refractivity contribution in [3.8, 4) is 0 Å². The lowest BCUT2D eigenvalue weighted by Crippen LogP contribution is -2.64. The molecule has 2 aliphatic rings. The molecule has 1 saturated heterocycles. The number of nitrogens with one attached hydrogen (secondary N) is 1. The fourth-order valence-corrected chi connectivity index (χ4v) is 3.89. The lowest BCUT2D eigenvalue weighted by atomic mass is 9.63. The minimum atomic E-state index is -0.409. The van der Waals surface area contributed by atoms with Crippen molar-refractivity contribution in [2.24, 2.45) is 11.3 Å². The number of nitrogens with zero attached hydrogens (tertiary/aromatic N) is 1. The molecule has 0 aromatic carbocycles. The maximum Gasteiger partial charge on any atom is 0.244 e. The zero-order chi connectivity index (χ0) is 16.0. The van der Waals surface area contributed by atoms with Gasteiger partial charge in [0, 0.05) is 18.6 Å². The van der Waals surface area contributed by atoms with Crippen molar-refractivity contribution in [3.05, 3.63) is 0 Å². The summed E-state index contributed by atoms with van der Waals surface area (Å²) in [5.74, 6) is 0.835. The summed E-state index contributed by atoms with van der Waals surface area (Å²) in [7, 11) is 1.77. The summed E-state index contributed by atoms with van der Waals surface area (Å²) >= 11 is 0. The minimum absolute atomic E-state index is 0.0281. The van der Waals surface area contributed by atoms with Gasteiger partial charge in [0.15, 0.2) is 0 Å². The van der Waals surface area contributed by atoms with E-state index in [-0.39, 0.29) is 29.6 Å². The van der Waals surface area contributed by atoms with Gasteiger partial charge >= 0.3 is 0 Å². The molecule has 4 unspecified atom stereocenters. The normalized spacial score (nSPS) is 39.0. The second-order valence-corrected chi connectivity index (χ2v) is 7.98. The highest BCUT2D eigenvalue weighted by molar-refractivity contribution is 5.88. The Hall–Kier alpha value is -0.610. The topological polar surface area (TPSA) is 41.6 Å². The number of rotatable bonds is 5. The highest BCUT2D eigenvalue weighted by Crippen LogP contribution is 2.48. The van der Waals surface area contributed by atoms with Crippen LogP contribution in [0.5, 0.6) is 0 Å². The summed E-state index contributed by atoms with van der Waals surface area (Å²) in [4.78, 5) is 15.1. The van der Waals surface area contributed by atoms with Gasteiger partial charge in [0.2, 0.25) is 5.91 Å². The Kier molecular flexibility index (Phi) is 4.42. The van der Waals surface area contributed by atoms with E-state index in [0.717, 1.165) is 19.3 Å². The van der Waals surface area contributed by atoms with Gasteiger partial charge in [0.25, 0.3) is 0 Å². The third-order valence-electron chi connectivity index (χ3n) is 5.68. The third kappa shape index (κ3) is 2.61. The Morgan fingerprint density at radius 3 is 2.43 bits per heavy atom. The van der Waals surface area contributed by atoms with E-state index in [1.807, 2.05) is 6.92 Å². The van der Waals surface area contributed by atoms with E-state index in [2.05, 4.69) is 44.8 Å². The molecule has 1 aliphatic carbocycles. The number of carbonyl (C=O) groups is 1. The molecule has 21 heavy (non-hydrogen) atoms. The molecule has 1 heterocycles. The second kappa shape index (κ2) is 5.54. The quantitative estimate of drug-likeness (QED) is 0.848. The summed E-state index contributed by atoms with van der Waals surface area (Å²) in [5, 5.41) is 3.60. The van der Waals surface area contributed by atoms with Crippen LogP contribution < -0.4 is 5.32 Å². The lowest BCUT2D eigenvalue weighted by molar-refractivity contribution is -0.164. The van der Waals surface area contributed by atoms with Crippen LogP contribution in [-0.4, -0.2) is 41.8 Å². The lowest BCUT2D eigenvalue weighted by Gasteiger charge is -2.55. The highest BCUT2D eigenvalue weighted by Gasteiger charge is 2.58. The second-order valence-electron chi connectivity index (χ2n) is 7.98. The van der Waals surface area contributed by atoms with Gasteiger partial charge in [0.05, 0.1) is 17.8 Å². The maximum absolute atomic E-state index is 13.0. The molecule has 0 bridgehead atoms. The molecule has 1 N–H and O–H groups in total. The molecule has 122 valence electrons. The molecular weight excluding hydrogens is 264 g/mol. The van der Waals surface area contributed by atoms with Crippen LogP contribution in [0.1, 0.15) is 60.8 Å². The van der Waals surface area contributed by atoms with Gasteiger partial charge in [-0.1, -0.05) is 34.6 Å². The first kappa shape index (κ1) is 16.8. The molecule has 1 amide bonds. The molecular formula is C17H32N2O2. The SMILES string of the molecule is CCC1(C)NC(CC(C)C)N(C2CC(OC)C2(C)C)C1=O. The minimum Gasteiger partial charge on any atom is -0.381 e. The van der Waals surface area contributed by atoms with Gasteiger partial charge in [0.1, 0.15) is 0 Å². The van der Waals surface area contributed by atoms with E-state index in [1.54, 1.807) is 7.11 Å². The first-order valence-electron chi connectivity index (χ1n) is 8.30. The van der Waals surface area contributed by atoms with Crippen molar-refractivity contribution in [1.82, 2.24) is 10.2 Å². The summed E-state index contributed by atoms with van der Waals surface area (Å²) in [5.41, 5.74) is -0.381. The van der Waals surface area contributed by atoms with Gasteiger partial charge in [-0.05, 0) is 32.1 Å². The van der Waals surface area contributed by atoms with E-state index in [1.165, 1.54) is 0 Å². The van der Waals surface area contributed by atoms with Crippen molar-refractivity contribution < 1.29 is 9.53 Å². The Balaban J connectivity index is 2.24. The third-order valence-corrected chi connectivity index (χ3v) is 5.68. The predicted octanol–water partition coefficient (Wildman–Crippen LogP) is 2.77. The first-order chi connectivity index (χ1) is 9.67. The Bertz CT molecular complexity index is 408. The van der Waals surface area contributed by atoms with Crippen molar-refractivity contribution in [1.29, 1.82) is 0 Å². The summed E-state index contributed by atoms with van der Waals surface area (Å²) in [6.45, 7) is 13.0. The number of ether oxygens (including phenoxy) is 1. The number of hydrogen-bond donors (Lipinski definition) is 1.